The van der Waals surface area contributed by atoms with E-state index in [-0.39, 0.29) is 12.7 Å². The van der Waals surface area contributed by atoms with Crippen molar-refractivity contribution in [1.29, 1.82) is 0 Å². The molecule has 0 aliphatic rings. The Morgan fingerprint density at radius 2 is 2.00 bits per heavy atom. The lowest BCUT2D eigenvalue weighted by molar-refractivity contribution is -0.0758. The summed E-state index contributed by atoms with van der Waals surface area (Å²) < 4.78 is 17.2. The molecule has 108 valence electrons. The van der Waals surface area contributed by atoms with Gasteiger partial charge in [-0.15, -0.1) is 0 Å². The molecule has 0 rings (SSSR count). The molecule has 0 aliphatic heterocycles. The summed E-state index contributed by atoms with van der Waals surface area (Å²) in [6.07, 6.45) is 1.05. The monoisotopic (exact) mass is 276 g/mol. The minimum atomic E-state index is -2.26. The second-order valence-electron chi connectivity index (χ2n) is 5.20. The molecule has 0 aliphatic carbocycles. The van der Waals surface area contributed by atoms with Crippen LogP contribution in [0, 0.1) is 0 Å². The number of hydrogen-bond donors (Lipinski definition) is 1. The van der Waals surface area contributed by atoms with Crippen LogP contribution in [0.25, 0.3) is 0 Å². The van der Waals surface area contributed by atoms with Gasteiger partial charge in [0, 0.05) is 7.11 Å². The van der Waals surface area contributed by atoms with Crippen LogP contribution in [0.4, 0.5) is 0 Å². The van der Waals surface area contributed by atoms with Crippen LogP contribution in [0.2, 0.25) is 13.1 Å². The van der Waals surface area contributed by atoms with E-state index in [9.17, 15) is 5.11 Å². The third-order valence-electron chi connectivity index (χ3n) is 3.41. The summed E-state index contributed by atoms with van der Waals surface area (Å²) >= 11 is 0. The van der Waals surface area contributed by atoms with E-state index < -0.39 is 13.5 Å². The second kappa shape index (κ2) is 7.28. The fraction of sp³-hybridized carbons (Fsp3) is 0.846. The molecule has 0 aromatic heterocycles. The van der Waals surface area contributed by atoms with Crippen molar-refractivity contribution < 1.29 is 19.0 Å². The third kappa shape index (κ3) is 4.39. The predicted octanol–water partition coefficient (Wildman–Crippen LogP) is 2.47. The van der Waals surface area contributed by atoms with Crippen LogP contribution in [0.5, 0.6) is 0 Å². The summed E-state index contributed by atoms with van der Waals surface area (Å²) in [6, 6.07) is 0. The highest BCUT2D eigenvalue weighted by Crippen LogP contribution is 2.28. The smallest absolute Gasteiger partial charge is 0.237 e. The number of ether oxygens (including phenoxy) is 2. The number of hydrogen-bond acceptors (Lipinski definition) is 4. The molecular formula is C13H28O4Si. The fourth-order valence-electron chi connectivity index (χ4n) is 1.51. The molecule has 0 aromatic carbocycles. The summed E-state index contributed by atoms with van der Waals surface area (Å²) in [5.74, 6) is 0.564. The molecule has 0 spiro atoms. The molecule has 0 radical (unpaired) electrons. The highest BCUT2D eigenvalue weighted by molar-refractivity contribution is 6.74. The van der Waals surface area contributed by atoms with E-state index in [2.05, 4.69) is 13.5 Å². The van der Waals surface area contributed by atoms with Crippen LogP contribution in [0.1, 0.15) is 27.2 Å². The summed E-state index contributed by atoms with van der Waals surface area (Å²) in [7, 11) is -0.603. The van der Waals surface area contributed by atoms with Crippen molar-refractivity contribution in [1.82, 2.24) is 0 Å². The normalized spacial score (nSPS) is 17.1. The van der Waals surface area contributed by atoms with Crippen LogP contribution < -0.4 is 0 Å². The van der Waals surface area contributed by atoms with Crippen molar-refractivity contribution in [3.63, 3.8) is 0 Å². The van der Waals surface area contributed by atoms with Crippen molar-refractivity contribution in [3.05, 3.63) is 12.3 Å². The van der Waals surface area contributed by atoms with Gasteiger partial charge in [0.25, 0.3) is 0 Å². The Bertz CT molecular complexity index is 268. The third-order valence-corrected chi connectivity index (χ3v) is 7.03. The van der Waals surface area contributed by atoms with Gasteiger partial charge in [0.05, 0.1) is 25.1 Å². The van der Waals surface area contributed by atoms with Crippen molar-refractivity contribution in [2.45, 2.75) is 51.6 Å². The Labute approximate surface area is 112 Å². The highest BCUT2D eigenvalue weighted by Gasteiger charge is 2.51. The number of rotatable bonds is 9. The molecule has 0 amide bonds. The van der Waals surface area contributed by atoms with Gasteiger partial charge in [-0.1, -0.05) is 13.5 Å². The number of allylic oxidation sites excluding steroid dienone is 1. The fourth-order valence-corrected chi connectivity index (χ4v) is 3.11. The molecule has 2 atom stereocenters. The first-order valence-corrected chi connectivity index (χ1v) is 9.27. The summed E-state index contributed by atoms with van der Waals surface area (Å²) in [5.41, 5.74) is 0. The first kappa shape index (κ1) is 17.6. The van der Waals surface area contributed by atoms with Crippen molar-refractivity contribution in [3.8, 4) is 0 Å². The summed E-state index contributed by atoms with van der Waals surface area (Å²) in [4.78, 5) is 0. The molecule has 2 unspecified atom stereocenters. The predicted molar refractivity (Wildman–Crippen MR) is 75.9 cm³/mol. The Hall–Kier alpha value is -0.363. The molecule has 18 heavy (non-hydrogen) atoms. The zero-order valence-corrected chi connectivity index (χ0v) is 13.6. The van der Waals surface area contributed by atoms with E-state index >= 15 is 0 Å². The molecule has 0 fully saturated rings. The molecule has 0 aromatic rings. The van der Waals surface area contributed by atoms with Gasteiger partial charge in [0.1, 0.15) is 0 Å². The summed E-state index contributed by atoms with van der Waals surface area (Å²) in [5, 5.41) is 8.98. The highest BCUT2D eigenvalue weighted by atomic mass is 28.4. The van der Waals surface area contributed by atoms with Gasteiger partial charge in [0.2, 0.25) is 8.32 Å². The summed E-state index contributed by atoms with van der Waals surface area (Å²) in [6.45, 7) is 13.8. The minimum Gasteiger partial charge on any atom is -0.489 e. The van der Waals surface area contributed by atoms with Gasteiger partial charge in [-0.2, -0.15) is 0 Å². The van der Waals surface area contributed by atoms with Gasteiger partial charge < -0.3 is 19.0 Å². The van der Waals surface area contributed by atoms with E-state index in [1.165, 1.54) is 0 Å². The van der Waals surface area contributed by atoms with Crippen LogP contribution in [0.3, 0.4) is 0 Å². The molecule has 0 bridgehead atoms. The van der Waals surface area contributed by atoms with Crippen LogP contribution in [-0.4, -0.2) is 45.1 Å². The van der Waals surface area contributed by atoms with E-state index in [1.807, 2.05) is 20.0 Å². The van der Waals surface area contributed by atoms with Gasteiger partial charge in [-0.3, -0.25) is 0 Å². The molecule has 4 nitrogen and oxygen atoms in total. The van der Waals surface area contributed by atoms with Gasteiger partial charge in [-0.05, 0) is 33.4 Å². The Kier molecular flexibility index (Phi) is 7.13. The lowest BCUT2D eigenvalue weighted by Gasteiger charge is -2.42. The quantitative estimate of drug-likeness (QED) is 0.519. The first-order valence-electron chi connectivity index (χ1n) is 6.36. The maximum atomic E-state index is 9.79. The molecular weight excluding hydrogens is 248 g/mol. The lowest BCUT2D eigenvalue weighted by Crippen LogP contribution is -2.63. The van der Waals surface area contributed by atoms with Crippen molar-refractivity contribution >= 4 is 8.32 Å². The molecule has 1 N–H and O–H groups in total. The van der Waals surface area contributed by atoms with Crippen LogP contribution in [0.15, 0.2) is 12.3 Å². The largest absolute Gasteiger partial charge is 0.489 e. The van der Waals surface area contributed by atoms with Gasteiger partial charge in [-0.25, -0.2) is 0 Å². The Morgan fingerprint density at radius 3 is 2.33 bits per heavy atom. The first-order chi connectivity index (χ1) is 8.24. The molecule has 0 heterocycles. The maximum Gasteiger partial charge on any atom is 0.237 e. The SMILES string of the molecule is C=C(C)OC(CO)(COC(C)CC)[Si](C)(C)OC. The zero-order valence-electron chi connectivity index (χ0n) is 12.6. The Balaban J connectivity index is 5.04. The van der Waals surface area contributed by atoms with E-state index in [4.69, 9.17) is 13.9 Å². The second-order valence-corrected chi connectivity index (χ2v) is 9.54. The lowest BCUT2D eigenvalue weighted by atomic mass is 10.3. The molecule has 5 heteroatoms. The van der Waals surface area contributed by atoms with Crippen molar-refractivity contribution in [2.24, 2.45) is 0 Å². The molecule has 0 saturated heterocycles. The molecule has 0 saturated carbocycles. The topological polar surface area (TPSA) is 47.9 Å². The average molecular weight is 276 g/mol. The average Bonchev–Trinajstić information content (AvgIpc) is 2.33. The van der Waals surface area contributed by atoms with Crippen LogP contribution in [-0.2, 0) is 13.9 Å². The number of aliphatic hydroxyl groups is 1. The van der Waals surface area contributed by atoms with E-state index in [0.717, 1.165) is 6.42 Å². The van der Waals surface area contributed by atoms with E-state index in [1.54, 1.807) is 14.0 Å². The number of aliphatic hydroxyl groups excluding tert-OH is 1. The van der Waals surface area contributed by atoms with E-state index in [0.29, 0.717) is 12.4 Å². The Morgan fingerprint density at radius 1 is 1.44 bits per heavy atom. The van der Waals surface area contributed by atoms with Crippen LogP contribution >= 0.6 is 0 Å². The van der Waals surface area contributed by atoms with Gasteiger partial charge in [0.15, 0.2) is 5.22 Å². The van der Waals surface area contributed by atoms with Crippen molar-refractivity contribution in [2.75, 3.05) is 20.3 Å². The van der Waals surface area contributed by atoms with Gasteiger partial charge >= 0.3 is 0 Å². The zero-order chi connectivity index (χ0) is 14.4. The standard InChI is InChI=1S/C13H28O4Si/c1-8-12(4)16-10-13(9-14,17-11(2)3)18(6,7)15-5/h12,14H,2,8-10H2,1,3-7H3. The maximum absolute atomic E-state index is 9.79. The minimum absolute atomic E-state index is 0.131.